The molecule has 3 rings (SSSR count). The Bertz CT molecular complexity index is 805. The highest BCUT2D eigenvalue weighted by Gasteiger charge is 2.22. The average Bonchev–Trinajstić information content (AvgIpc) is 2.85. The number of benzene rings is 1. The molecule has 1 aromatic carbocycles. The van der Waals surface area contributed by atoms with E-state index in [1.807, 2.05) is 7.05 Å². The van der Waals surface area contributed by atoms with Crippen molar-refractivity contribution in [2.45, 2.75) is 32.7 Å². The van der Waals surface area contributed by atoms with Gasteiger partial charge >= 0.3 is 0 Å². The average molecular weight is 335 g/mol. The fourth-order valence-electron chi connectivity index (χ4n) is 2.72. The molecular weight excluding hydrogens is 316 g/mol. The standard InChI is InChI=1S/C15H19BrN4/c1-15(2,3)9-6-5-7-10-12(9)18-14-19(4)11(8-17)13(16)20(10)14/h5-7H,8,17H2,1-4H3. The van der Waals surface area contributed by atoms with E-state index in [9.17, 15) is 0 Å². The van der Waals surface area contributed by atoms with Gasteiger partial charge in [-0.05, 0) is 33.0 Å². The Kier molecular flexibility index (Phi) is 2.95. The van der Waals surface area contributed by atoms with Crippen molar-refractivity contribution in [2.75, 3.05) is 0 Å². The van der Waals surface area contributed by atoms with Crippen LogP contribution in [-0.2, 0) is 19.0 Å². The third-order valence-corrected chi connectivity index (χ3v) is 4.62. The van der Waals surface area contributed by atoms with Crippen LogP contribution in [0.15, 0.2) is 22.8 Å². The van der Waals surface area contributed by atoms with Crippen LogP contribution in [0.1, 0.15) is 32.0 Å². The van der Waals surface area contributed by atoms with Gasteiger partial charge in [0.05, 0.1) is 16.7 Å². The molecule has 5 heteroatoms. The molecule has 0 aliphatic rings. The lowest BCUT2D eigenvalue weighted by Gasteiger charge is -2.19. The van der Waals surface area contributed by atoms with E-state index < -0.39 is 0 Å². The number of hydrogen-bond donors (Lipinski definition) is 1. The number of nitrogens with zero attached hydrogens (tertiary/aromatic N) is 3. The van der Waals surface area contributed by atoms with Crippen molar-refractivity contribution in [3.05, 3.63) is 34.1 Å². The van der Waals surface area contributed by atoms with Crippen LogP contribution in [0.3, 0.4) is 0 Å². The molecular formula is C15H19BrN4. The zero-order chi connectivity index (χ0) is 14.7. The first-order valence-corrected chi connectivity index (χ1v) is 7.50. The maximum absolute atomic E-state index is 5.83. The number of aromatic nitrogens is 3. The van der Waals surface area contributed by atoms with Crippen LogP contribution in [-0.4, -0.2) is 14.0 Å². The minimum Gasteiger partial charge on any atom is -0.325 e. The van der Waals surface area contributed by atoms with E-state index in [4.69, 9.17) is 10.7 Å². The smallest absolute Gasteiger partial charge is 0.215 e. The van der Waals surface area contributed by atoms with Crippen LogP contribution in [0.2, 0.25) is 0 Å². The number of hydrogen-bond acceptors (Lipinski definition) is 2. The quantitative estimate of drug-likeness (QED) is 0.741. The first-order chi connectivity index (χ1) is 9.36. The monoisotopic (exact) mass is 334 g/mol. The van der Waals surface area contributed by atoms with Crippen molar-refractivity contribution in [3.8, 4) is 0 Å². The van der Waals surface area contributed by atoms with Gasteiger partial charge in [0, 0.05) is 13.6 Å². The van der Waals surface area contributed by atoms with E-state index in [1.165, 1.54) is 5.56 Å². The second-order valence-electron chi connectivity index (χ2n) is 6.17. The third kappa shape index (κ3) is 1.73. The predicted octanol–water partition coefficient (Wildman–Crippen LogP) is 3.34. The molecule has 2 aromatic heterocycles. The maximum Gasteiger partial charge on any atom is 0.215 e. The van der Waals surface area contributed by atoms with Gasteiger partial charge in [-0.15, -0.1) is 0 Å². The Labute approximate surface area is 126 Å². The summed E-state index contributed by atoms with van der Waals surface area (Å²) in [6.45, 7) is 7.13. The molecule has 0 saturated heterocycles. The molecule has 2 N–H and O–H groups in total. The molecule has 20 heavy (non-hydrogen) atoms. The van der Waals surface area contributed by atoms with Gasteiger partial charge in [0.1, 0.15) is 4.60 Å². The van der Waals surface area contributed by atoms with E-state index in [0.717, 1.165) is 27.1 Å². The van der Waals surface area contributed by atoms with E-state index in [-0.39, 0.29) is 5.41 Å². The summed E-state index contributed by atoms with van der Waals surface area (Å²) in [5.74, 6) is 0.920. The lowest BCUT2D eigenvalue weighted by atomic mass is 9.86. The molecule has 0 fully saturated rings. The van der Waals surface area contributed by atoms with Crippen LogP contribution in [0.25, 0.3) is 16.8 Å². The first-order valence-electron chi connectivity index (χ1n) is 6.71. The summed E-state index contributed by atoms with van der Waals surface area (Å²) in [5.41, 5.74) is 10.4. The number of imidazole rings is 2. The minimum absolute atomic E-state index is 0.0701. The largest absolute Gasteiger partial charge is 0.325 e. The van der Waals surface area contributed by atoms with Gasteiger partial charge in [-0.2, -0.15) is 0 Å². The topological polar surface area (TPSA) is 48.2 Å². The highest BCUT2D eigenvalue weighted by Crippen LogP contribution is 2.33. The summed E-state index contributed by atoms with van der Waals surface area (Å²) in [5, 5.41) is 0. The molecule has 0 atom stereocenters. The molecule has 0 amide bonds. The Hall–Kier alpha value is -1.33. The van der Waals surface area contributed by atoms with Crippen molar-refractivity contribution >= 4 is 32.7 Å². The van der Waals surface area contributed by atoms with E-state index in [1.54, 1.807) is 0 Å². The summed E-state index contributed by atoms with van der Waals surface area (Å²) in [7, 11) is 2.00. The van der Waals surface area contributed by atoms with Crippen LogP contribution in [0.4, 0.5) is 0 Å². The third-order valence-electron chi connectivity index (χ3n) is 3.81. The van der Waals surface area contributed by atoms with Crippen molar-refractivity contribution in [1.29, 1.82) is 0 Å². The van der Waals surface area contributed by atoms with Gasteiger partial charge in [0.25, 0.3) is 0 Å². The fourth-order valence-corrected chi connectivity index (χ4v) is 3.50. The van der Waals surface area contributed by atoms with E-state index in [2.05, 4.69) is 63.9 Å². The fraction of sp³-hybridized carbons (Fsp3) is 0.400. The summed E-state index contributed by atoms with van der Waals surface area (Å²) < 4.78 is 5.18. The maximum atomic E-state index is 5.83. The van der Waals surface area contributed by atoms with Gasteiger partial charge in [0.15, 0.2) is 0 Å². The minimum atomic E-state index is 0.0701. The molecule has 0 spiro atoms. The molecule has 0 aliphatic heterocycles. The molecule has 0 radical (unpaired) electrons. The number of rotatable bonds is 1. The molecule has 0 bridgehead atoms. The molecule has 106 valence electrons. The van der Waals surface area contributed by atoms with Crippen molar-refractivity contribution in [1.82, 2.24) is 14.0 Å². The lowest BCUT2D eigenvalue weighted by molar-refractivity contribution is 0.595. The molecule has 0 unspecified atom stereocenters. The molecule has 0 aliphatic carbocycles. The van der Waals surface area contributed by atoms with Gasteiger partial charge in [0.2, 0.25) is 5.78 Å². The predicted molar refractivity (Wildman–Crippen MR) is 86.0 cm³/mol. The zero-order valence-electron chi connectivity index (χ0n) is 12.2. The number of fused-ring (bicyclic) bond motifs is 3. The van der Waals surface area contributed by atoms with E-state index >= 15 is 0 Å². The van der Waals surface area contributed by atoms with Gasteiger partial charge < -0.3 is 10.3 Å². The van der Waals surface area contributed by atoms with E-state index in [0.29, 0.717) is 6.54 Å². The Morgan fingerprint density at radius 3 is 2.60 bits per heavy atom. The van der Waals surface area contributed by atoms with Crippen LogP contribution < -0.4 is 5.73 Å². The summed E-state index contributed by atoms with van der Waals surface area (Å²) in [6.07, 6.45) is 0. The van der Waals surface area contributed by atoms with Gasteiger partial charge in [-0.1, -0.05) is 32.9 Å². The van der Waals surface area contributed by atoms with Gasteiger partial charge in [-0.3, -0.25) is 4.40 Å². The Balaban J connectivity index is 2.48. The zero-order valence-corrected chi connectivity index (χ0v) is 13.8. The molecule has 2 heterocycles. The summed E-state index contributed by atoms with van der Waals surface area (Å²) in [4.78, 5) is 4.85. The van der Waals surface area contributed by atoms with Crippen LogP contribution in [0, 0.1) is 0 Å². The SMILES string of the molecule is Cn1c(CN)c(Br)n2c3cccc(C(C)(C)C)c3nc12. The summed E-state index contributed by atoms with van der Waals surface area (Å²) >= 11 is 3.66. The molecule has 0 saturated carbocycles. The number of para-hydroxylation sites is 1. The number of nitrogens with two attached hydrogens (primary N) is 1. The molecule has 4 nitrogen and oxygen atoms in total. The van der Waals surface area contributed by atoms with Crippen molar-refractivity contribution in [2.24, 2.45) is 12.8 Å². The number of halogens is 1. The second-order valence-corrected chi connectivity index (χ2v) is 6.92. The second kappa shape index (κ2) is 4.33. The van der Waals surface area contributed by atoms with Crippen molar-refractivity contribution in [3.63, 3.8) is 0 Å². The van der Waals surface area contributed by atoms with Crippen LogP contribution in [0.5, 0.6) is 0 Å². The Morgan fingerprint density at radius 2 is 2.00 bits per heavy atom. The highest BCUT2D eigenvalue weighted by atomic mass is 79.9. The van der Waals surface area contributed by atoms with Crippen molar-refractivity contribution < 1.29 is 0 Å². The van der Waals surface area contributed by atoms with Crippen LogP contribution >= 0.6 is 15.9 Å². The Morgan fingerprint density at radius 1 is 1.30 bits per heavy atom. The normalized spacial score (nSPS) is 12.7. The lowest BCUT2D eigenvalue weighted by Crippen LogP contribution is -2.11. The highest BCUT2D eigenvalue weighted by molar-refractivity contribution is 9.10. The van der Waals surface area contributed by atoms with Gasteiger partial charge in [-0.25, -0.2) is 4.98 Å². The first kappa shape index (κ1) is 13.6. The molecule has 3 aromatic rings. The number of aryl methyl sites for hydroxylation is 1. The summed E-state index contributed by atoms with van der Waals surface area (Å²) in [6, 6.07) is 6.36.